The Kier molecular flexibility index (Phi) is 6.81. The number of amides is 1. The fraction of sp³-hybridized carbons (Fsp3) is 0.462. The molecule has 0 aliphatic rings. The molecule has 106 valence electrons. The zero-order valence-corrected chi connectivity index (χ0v) is 10.8. The molecule has 0 fully saturated rings. The number of para-hydroxylation sites is 1. The molecule has 6 heteroatoms. The van der Waals surface area contributed by atoms with E-state index in [1.54, 1.807) is 18.2 Å². The maximum Gasteiger partial charge on any atom is 0.387 e. The van der Waals surface area contributed by atoms with Crippen molar-refractivity contribution in [3.05, 3.63) is 29.8 Å². The first kappa shape index (κ1) is 15.4. The van der Waals surface area contributed by atoms with Gasteiger partial charge in [0.05, 0.1) is 6.54 Å². The molecule has 0 saturated heterocycles. The summed E-state index contributed by atoms with van der Waals surface area (Å²) >= 11 is 0. The van der Waals surface area contributed by atoms with Crippen LogP contribution in [-0.4, -0.2) is 25.6 Å². The number of hydrogen-bond donors (Lipinski definition) is 2. The van der Waals surface area contributed by atoms with Crippen LogP contribution < -0.4 is 15.4 Å². The number of benzene rings is 1. The highest BCUT2D eigenvalue weighted by Crippen LogP contribution is 2.19. The minimum absolute atomic E-state index is 0.0827. The van der Waals surface area contributed by atoms with Crippen molar-refractivity contribution in [2.75, 3.05) is 13.1 Å². The van der Waals surface area contributed by atoms with Crippen LogP contribution in [0.4, 0.5) is 8.78 Å². The number of alkyl halides is 2. The van der Waals surface area contributed by atoms with Crippen molar-refractivity contribution < 1.29 is 18.3 Å². The summed E-state index contributed by atoms with van der Waals surface area (Å²) in [6.07, 6.45) is 0.943. The van der Waals surface area contributed by atoms with Gasteiger partial charge in [0.25, 0.3) is 0 Å². The van der Waals surface area contributed by atoms with Crippen molar-refractivity contribution in [2.45, 2.75) is 26.5 Å². The molecule has 1 rings (SSSR count). The van der Waals surface area contributed by atoms with E-state index in [0.29, 0.717) is 5.56 Å². The van der Waals surface area contributed by atoms with Crippen LogP contribution in [0.25, 0.3) is 0 Å². The predicted molar refractivity (Wildman–Crippen MR) is 68.1 cm³/mol. The Morgan fingerprint density at radius 1 is 1.37 bits per heavy atom. The van der Waals surface area contributed by atoms with Gasteiger partial charge in [-0.1, -0.05) is 25.1 Å². The average molecular weight is 272 g/mol. The van der Waals surface area contributed by atoms with Crippen LogP contribution in [0.2, 0.25) is 0 Å². The number of carbonyl (C=O) groups excluding carboxylic acids is 1. The second-order valence-electron chi connectivity index (χ2n) is 3.94. The molecule has 1 aromatic carbocycles. The molecule has 0 aliphatic carbocycles. The number of halogens is 2. The van der Waals surface area contributed by atoms with Crippen LogP contribution in [0.15, 0.2) is 24.3 Å². The number of ether oxygens (including phenoxy) is 1. The first-order chi connectivity index (χ1) is 9.13. The van der Waals surface area contributed by atoms with Crippen molar-refractivity contribution in [1.29, 1.82) is 0 Å². The molecule has 0 bridgehead atoms. The van der Waals surface area contributed by atoms with Crippen molar-refractivity contribution in [3.63, 3.8) is 0 Å². The Balaban J connectivity index is 2.46. The quantitative estimate of drug-likeness (QED) is 0.711. The summed E-state index contributed by atoms with van der Waals surface area (Å²) in [6.45, 7) is 0.269. The summed E-state index contributed by atoms with van der Waals surface area (Å²) in [5.41, 5.74) is 0.520. The summed E-state index contributed by atoms with van der Waals surface area (Å²) in [4.78, 5) is 11.5. The molecule has 0 heterocycles. The van der Waals surface area contributed by atoms with E-state index in [2.05, 4.69) is 15.4 Å². The smallest absolute Gasteiger partial charge is 0.387 e. The van der Waals surface area contributed by atoms with Crippen LogP contribution >= 0.6 is 0 Å². The van der Waals surface area contributed by atoms with Gasteiger partial charge in [0.2, 0.25) is 5.91 Å². The third-order valence-electron chi connectivity index (χ3n) is 2.38. The lowest BCUT2D eigenvalue weighted by Gasteiger charge is -2.11. The highest BCUT2D eigenvalue weighted by atomic mass is 19.3. The van der Waals surface area contributed by atoms with Gasteiger partial charge in [0, 0.05) is 12.1 Å². The third kappa shape index (κ3) is 6.15. The zero-order valence-electron chi connectivity index (χ0n) is 10.8. The van der Waals surface area contributed by atoms with Gasteiger partial charge in [-0.25, -0.2) is 0 Å². The predicted octanol–water partition coefficient (Wildman–Crippen LogP) is 1.90. The molecule has 1 aromatic rings. The summed E-state index contributed by atoms with van der Waals surface area (Å²) < 4.78 is 28.7. The molecule has 0 atom stereocenters. The topological polar surface area (TPSA) is 50.4 Å². The average Bonchev–Trinajstić information content (AvgIpc) is 2.37. The molecule has 2 N–H and O–H groups in total. The van der Waals surface area contributed by atoms with Gasteiger partial charge < -0.3 is 15.4 Å². The van der Waals surface area contributed by atoms with Crippen molar-refractivity contribution in [1.82, 2.24) is 10.6 Å². The highest BCUT2D eigenvalue weighted by molar-refractivity contribution is 5.78. The van der Waals surface area contributed by atoms with Crippen LogP contribution in [0.3, 0.4) is 0 Å². The van der Waals surface area contributed by atoms with E-state index in [0.717, 1.165) is 13.0 Å². The first-order valence-electron chi connectivity index (χ1n) is 6.13. The van der Waals surface area contributed by atoms with Gasteiger partial charge in [-0.15, -0.1) is 0 Å². The maximum absolute atomic E-state index is 12.2. The van der Waals surface area contributed by atoms with E-state index in [-0.39, 0.29) is 24.7 Å². The summed E-state index contributed by atoms with van der Waals surface area (Å²) in [7, 11) is 0. The van der Waals surface area contributed by atoms with Crippen LogP contribution in [0.1, 0.15) is 18.9 Å². The second-order valence-corrected chi connectivity index (χ2v) is 3.94. The Hall–Kier alpha value is -1.69. The van der Waals surface area contributed by atoms with Crippen molar-refractivity contribution in [2.24, 2.45) is 0 Å². The molecule has 0 aliphatic heterocycles. The van der Waals surface area contributed by atoms with E-state index in [1.165, 1.54) is 6.07 Å². The third-order valence-corrected chi connectivity index (χ3v) is 2.38. The molecule has 0 radical (unpaired) electrons. The zero-order chi connectivity index (χ0) is 14.1. The fourth-order valence-corrected chi connectivity index (χ4v) is 1.50. The number of hydrogen-bond acceptors (Lipinski definition) is 3. The van der Waals surface area contributed by atoms with Gasteiger partial charge in [-0.3, -0.25) is 4.79 Å². The lowest BCUT2D eigenvalue weighted by Crippen LogP contribution is -2.33. The Morgan fingerprint density at radius 3 is 2.79 bits per heavy atom. The van der Waals surface area contributed by atoms with E-state index in [4.69, 9.17) is 0 Å². The molecular formula is C13H18F2N2O2. The molecule has 0 spiro atoms. The van der Waals surface area contributed by atoms with Gasteiger partial charge >= 0.3 is 6.61 Å². The lowest BCUT2D eigenvalue weighted by molar-refractivity contribution is -0.120. The Morgan fingerprint density at radius 2 is 2.11 bits per heavy atom. The first-order valence-corrected chi connectivity index (χ1v) is 6.13. The fourth-order valence-electron chi connectivity index (χ4n) is 1.50. The maximum atomic E-state index is 12.2. The number of carbonyl (C=O) groups is 1. The Labute approximate surface area is 111 Å². The van der Waals surface area contributed by atoms with Crippen molar-refractivity contribution >= 4 is 5.91 Å². The van der Waals surface area contributed by atoms with Crippen LogP contribution in [0.5, 0.6) is 5.75 Å². The van der Waals surface area contributed by atoms with Gasteiger partial charge in [0.15, 0.2) is 0 Å². The van der Waals surface area contributed by atoms with Gasteiger partial charge in [-0.05, 0) is 19.0 Å². The van der Waals surface area contributed by atoms with E-state index in [9.17, 15) is 13.6 Å². The van der Waals surface area contributed by atoms with Crippen LogP contribution in [0, 0.1) is 0 Å². The molecule has 4 nitrogen and oxygen atoms in total. The van der Waals surface area contributed by atoms with E-state index < -0.39 is 6.61 Å². The summed E-state index contributed by atoms with van der Waals surface area (Å²) in [6, 6.07) is 6.39. The van der Waals surface area contributed by atoms with Crippen molar-refractivity contribution in [3.8, 4) is 5.75 Å². The lowest BCUT2D eigenvalue weighted by atomic mass is 10.2. The van der Waals surface area contributed by atoms with E-state index in [1.807, 2.05) is 6.92 Å². The largest absolute Gasteiger partial charge is 0.434 e. The number of rotatable bonds is 8. The molecule has 0 unspecified atom stereocenters. The SMILES string of the molecule is CCCNCC(=O)NCc1ccccc1OC(F)F. The molecule has 0 saturated carbocycles. The molecular weight excluding hydrogens is 254 g/mol. The number of nitrogens with one attached hydrogen (secondary N) is 2. The molecule has 19 heavy (non-hydrogen) atoms. The van der Waals surface area contributed by atoms with Gasteiger partial charge in [-0.2, -0.15) is 8.78 Å². The molecule has 0 aromatic heterocycles. The molecule has 1 amide bonds. The van der Waals surface area contributed by atoms with Gasteiger partial charge in [0.1, 0.15) is 5.75 Å². The van der Waals surface area contributed by atoms with Crippen LogP contribution in [-0.2, 0) is 11.3 Å². The Bertz CT molecular complexity index is 400. The highest BCUT2D eigenvalue weighted by Gasteiger charge is 2.09. The minimum atomic E-state index is -2.87. The monoisotopic (exact) mass is 272 g/mol. The summed E-state index contributed by atoms with van der Waals surface area (Å²) in [5.74, 6) is -0.0976. The van der Waals surface area contributed by atoms with E-state index >= 15 is 0 Å². The minimum Gasteiger partial charge on any atom is -0.434 e. The second kappa shape index (κ2) is 8.42. The summed E-state index contributed by atoms with van der Waals surface area (Å²) in [5, 5.41) is 5.60. The standard InChI is InChI=1S/C13H18F2N2O2/c1-2-7-16-9-12(18)17-8-10-5-3-4-6-11(10)19-13(14)15/h3-6,13,16H,2,7-9H2,1H3,(H,17,18). The normalized spacial score (nSPS) is 10.5.